The summed E-state index contributed by atoms with van der Waals surface area (Å²) < 4.78 is 51.4. The van der Waals surface area contributed by atoms with Gasteiger partial charge in [0.2, 0.25) is 0 Å². The fraction of sp³-hybridized carbons (Fsp3) is 0.740. The number of cyclic esters (lactones) is 1. The zero-order valence-corrected chi connectivity index (χ0v) is 41.1. The lowest BCUT2D eigenvalue weighted by atomic mass is 9.73. The first-order valence-corrected chi connectivity index (χ1v) is 23.4. The second-order valence-corrected chi connectivity index (χ2v) is 19.8. The molecule has 15 heteroatoms. The van der Waals surface area contributed by atoms with Crippen molar-refractivity contribution in [1.82, 2.24) is 9.88 Å². The van der Waals surface area contributed by atoms with Gasteiger partial charge in [0, 0.05) is 56.0 Å². The van der Waals surface area contributed by atoms with E-state index >= 15 is 0 Å². The van der Waals surface area contributed by atoms with Crippen molar-refractivity contribution in [3.05, 3.63) is 48.2 Å². The van der Waals surface area contributed by atoms with Crippen molar-refractivity contribution in [2.75, 3.05) is 34.9 Å². The van der Waals surface area contributed by atoms with Gasteiger partial charge in [0.15, 0.2) is 12.6 Å². The van der Waals surface area contributed by atoms with Crippen LogP contribution in [0.15, 0.2) is 42.6 Å². The predicted molar refractivity (Wildman–Crippen MR) is 246 cm³/mol. The van der Waals surface area contributed by atoms with Gasteiger partial charge in [0.25, 0.3) is 0 Å². The second kappa shape index (κ2) is 22.0. The Morgan fingerprint density at radius 2 is 1.58 bits per heavy atom. The Balaban J connectivity index is 1.57. The molecule has 0 amide bonds. The SMILES string of the molecule is CC[C@@H]1OC(=O)[C@H](C)[C@@H](O[C@H]2C[C@@](C)(OC)[C@@H](O)[C@H](C)O2)[C@H](C)[C@@H](OC2O[C@H](C)C[C@H](N(C)C)[C@H]2O)[C@@](C)(OC)C[C@@H](C)C(=O)[C@@H](C)[C@@H](OC/C=C/c2cnc3ccccc3c2)[C@]1(C)O. The third kappa shape index (κ3) is 11.9. The number of hydrogen-bond acceptors (Lipinski definition) is 15. The predicted octanol–water partition coefficient (Wildman–Crippen LogP) is 5.73. The third-order valence-corrected chi connectivity index (χ3v) is 14.5. The van der Waals surface area contributed by atoms with E-state index in [2.05, 4.69) is 4.98 Å². The molecular weight excluding hydrogens is 837 g/mol. The molecule has 0 saturated carbocycles. The minimum atomic E-state index is -1.84. The van der Waals surface area contributed by atoms with Crippen LogP contribution < -0.4 is 0 Å². The molecule has 3 N–H and O–H groups in total. The molecule has 3 aliphatic rings. The average molecular weight is 915 g/mol. The number of aromatic nitrogens is 1. The smallest absolute Gasteiger partial charge is 0.311 e. The maximum atomic E-state index is 14.8. The van der Waals surface area contributed by atoms with Gasteiger partial charge in [-0.15, -0.1) is 0 Å². The number of hydrogen-bond donors (Lipinski definition) is 3. The van der Waals surface area contributed by atoms with E-state index in [0.29, 0.717) is 6.42 Å². The quantitative estimate of drug-likeness (QED) is 0.220. The molecule has 2 aromatic rings. The van der Waals surface area contributed by atoms with Crippen molar-refractivity contribution < 1.29 is 62.8 Å². The molecule has 3 aliphatic heterocycles. The van der Waals surface area contributed by atoms with Crippen LogP contribution in [0.5, 0.6) is 0 Å². The average Bonchev–Trinajstić information content (AvgIpc) is 3.27. The Morgan fingerprint density at radius 3 is 2.23 bits per heavy atom. The van der Waals surface area contributed by atoms with Crippen LogP contribution in [0.4, 0.5) is 0 Å². The Kier molecular flexibility index (Phi) is 18.0. The molecular formula is C50H78N2O13. The number of aliphatic hydroxyl groups excluding tert-OH is 2. The maximum absolute atomic E-state index is 14.8. The van der Waals surface area contributed by atoms with E-state index in [9.17, 15) is 24.9 Å². The first-order valence-electron chi connectivity index (χ1n) is 23.4. The van der Waals surface area contributed by atoms with Crippen LogP contribution in [0.2, 0.25) is 0 Å². The number of ether oxygens (including phenoxy) is 8. The molecule has 3 fully saturated rings. The molecule has 0 spiro atoms. The van der Waals surface area contributed by atoms with Crippen molar-refractivity contribution in [1.29, 1.82) is 0 Å². The fourth-order valence-corrected chi connectivity index (χ4v) is 10.4. The van der Waals surface area contributed by atoms with Crippen LogP contribution in [-0.4, -0.2) is 156 Å². The largest absolute Gasteiger partial charge is 0.459 e. The van der Waals surface area contributed by atoms with Crippen LogP contribution in [0.3, 0.4) is 0 Å². The van der Waals surface area contributed by atoms with Crippen molar-refractivity contribution in [3.63, 3.8) is 0 Å². The molecule has 18 atom stereocenters. The van der Waals surface area contributed by atoms with E-state index in [1.807, 2.05) is 83.1 Å². The van der Waals surface area contributed by atoms with E-state index in [4.69, 9.17) is 37.9 Å². The van der Waals surface area contributed by atoms with Gasteiger partial charge in [0.05, 0.1) is 59.8 Å². The van der Waals surface area contributed by atoms with E-state index < -0.39 is 102 Å². The van der Waals surface area contributed by atoms with Crippen LogP contribution in [0, 0.1) is 23.7 Å². The van der Waals surface area contributed by atoms with Crippen LogP contribution in [0.1, 0.15) is 100 Å². The topological polar surface area (TPSA) is 185 Å². The van der Waals surface area contributed by atoms with Crippen molar-refractivity contribution in [3.8, 4) is 0 Å². The van der Waals surface area contributed by atoms with Crippen LogP contribution in [0.25, 0.3) is 17.0 Å². The number of carbonyl (C=O) groups excluding carboxylic acids is 2. The first kappa shape index (κ1) is 53.0. The molecule has 65 heavy (non-hydrogen) atoms. The number of benzene rings is 1. The summed E-state index contributed by atoms with van der Waals surface area (Å²) in [5.41, 5.74) is -2.42. The summed E-state index contributed by atoms with van der Waals surface area (Å²) >= 11 is 0. The summed E-state index contributed by atoms with van der Waals surface area (Å²) in [5, 5.41) is 36.4. The Labute approximate surface area is 386 Å². The number of fused-ring (bicyclic) bond motifs is 1. The van der Waals surface area contributed by atoms with Crippen LogP contribution >= 0.6 is 0 Å². The third-order valence-electron chi connectivity index (χ3n) is 14.5. The minimum absolute atomic E-state index is 0.0323. The van der Waals surface area contributed by atoms with Gasteiger partial charge in [-0.2, -0.15) is 0 Å². The number of Topliss-reactive ketones (excluding diaryl/α,β-unsaturated/α-hetero) is 1. The Bertz CT molecular complexity index is 1910. The number of para-hydroxylation sites is 1. The molecule has 4 heterocycles. The molecule has 15 nitrogen and oxygen atoms in total. The van der Waals surface area contributed by atoms with E-state index in [1.54, 1.807) is 60.9 Å². The number of aliphatic hydroxyl groups is 3. The lowest BCUT2D eigenvalue weighted by molar-refractivity contribution is -0.319. The summed E-state index contributed by atoms with van der Waals surface area (Å²) in [5.74, 6) is -4.16. The van der Waals surface area contributed by atoms with Gasteiger partial charge < -0.3 is 58.1 Å². The number of esters is 1. The van der Waals surface area contributed by atoms with E-state index in [0.717, 1.165) is 16.5 Å². The Hall–Kier alpha value is -2.93. The molecule has 1 unspecified atom stereocenters. The van der Waals surface area contributed by atoms with Gasteiger partial charge in [0.1, 0.15) is 29.7 Å². The molecule has 0 aliphatic carbocycles. The monoisotopic (exact) mass is 915 g/mol. The summed E-state index contributed by atoms with van der Waals surface area (Å²) in [6.45, 7) is 17.8. The highest BCUT2D eigenvalue weighted by molar-refractivity contribution is 5.84. The lowest BCUT2D eigenvalue weighted by Gasteiger charge is -2.50. The standard InChI is InChI=1S/C50H78N2O13/c1-15-38-50(10,57)45(60-22-18-19-34-24-35-20-16-17-21-36(35)51-27-34)30(4)40(53)28(2)25-49(9,59-14)44(65-47-41(54)37(52(11)12)23-29(3)61-47)31(5)42(32(6)46(56)63-38)64-39-26-48(8,58-13)43(55)33(7)62-39/h16-21,24,27-33,37-39,41-45,47,54-55,57H,15,22-23,25-26H2,1-14H3/b19-18+/t28-,29-,30-,31+,32-,33+,37+,38+,39+,41-,42+,43+,44-,45-,47?,48-,49+,50-/m1/s1. The van der Waals surface area contributed by atoms with Gasteiger partial charge in [-0.1, -0.05) is 58.0 Å². The zero-order chi connectivity index (χ0) is 48.2. The molecule has 3 saturated heterocycles. The molecule has 366 valence electrons. The number of pyridine rings is 1. The van der Waals surface area contributed by atoms with Gasteiger partial charge >= 0.3 is 5.97 Å². The van der Waals surface area contributed by atoms with Gasteiger partial charge in [-0.25, -0.2) is 0 Å². The molecule has 1 aromatic carbocycles. The van der Waals surface area contributed by atoms with Gasteiger partial charge in [-0.05, 0) is 92.6 Å². The number of nitrogens with zero attached hydrogens (tertiary/aromatic N) is 2. The Morgan fingerprint density at radius 1 is 0.908 bits per heavy atom. The number of carbonyl (C=O) groups is 2. The summed E-state index contributed by atoms with van der Waals surface area (Å²) in [6.07, 6.45) is -2.80. The highest BCUT2D eigenvalue weighted by Crippen LogP contribution is 2.42. The summed E-state index contributed by atoms with van der Waals surface area (Å²) in [6, 6.07) is 9.55. The number of likely N-dealkylation sites (N-methyl/N-ethyl adjacent to an activating group) is 1. The van der Waals surface area contributed by atoms with Crippen molar-refractivity contribution >= 4 is 28.7 Å². The first-order chi connectivity index (χ1) is 30.5. The zero-order valence-electron chi connectivity index (χ0n) is 41.1. The highest BCUT2D eigenvalue weighted by atomic mass is 16.7. The molecule has 1 aromatic heterocycles. The number of methoxy groups -OCH3 is 2. The number of ketones is 1. The summed E-state index contributed by atoms with van der Waals surface area (Å²) in [7, 11) is 6.85. The lowest BCUT2D eigenvalue weighted by Crippen LogP contribution is -2.61. The normalized spacial score (nSPS) is 41.7. The fourth-order valence-electron chi connectivity index (χ4n) is 10.4. The molecule has 5 rings (SSSR count). The van der Waals surface area contributed by atoms with E-state index in [1.165, 1.54) is 7.11 Å². The highest BCUT2D eigenvalue weighted by Gasteiger charge is 2.54. The van der Waals surface area contributed by atoms with Gasteiger partial charge in [-0.3, -0.25) is 14.6 Å². The second-order valence-electron chi connectivity index (χ2n) is 19.8. The van der Waals surface area contributed by atoms with Crippen molar-refractivity contribution in [2.24, 2.45) is 23.7 Å². The van der Waals surface area contributed by atoms with Crippen molar-refractivity contribution in [2.45, 2.75) is 179 Å². The minimum Gasteiger partial charge on any atom is -0.459 e. The maximum Gasteiger partial charge on any atom is 0.311 e. The van der Waals surface area contributed by atoms with Crippen LogP contribution in [-0.2, 0) is 47.5 Å². The number of rotatable bonds is 12. The summed E-state index contributed by atoms with van der Waals surface area (Å²) in [4.78, 5) is 36.0. The van der Waals surface area contributed by atoms with E-state index in [-0.39, 0.29) is 43.8 Å². The molecule has 0 radical (unpaired) electrons. The molecule has 0 bridgehead atoms.